The minimum Gasteiger partial charge on any atom is -0.291 e. The fraction of sp³-hybridized carbons (Fsp3) is 0. The van der Waals surface area contributed by atoms with Gasteiger partial charge in [0, 0.05) is 0 Å². The summed E-state index contributed by atoms with van der Waals surface area (Å²) in [5.74, 6) is 0. The molecule has 1 rings (SSSR count). The third-order valence-electron chi connectivity index (χ3n) is 0.931. The van der Waals surface area contributed by atoms with Crippen molar-refractivity contribution in [2.75, 3.05) is 5.48 Å². The summed E-state index contributed by atoms with van der Waals surface area (Å²) >= 11 is 0.961. The molecule has 0 spiro atoms. The van der Waals surface area contributed by atoms with Gasteiger partial charge in [0.25, 0.3) is 0 Å². The molecule has 1 aromatic heterocycles. The van der Waals surface area contributed by atoms with Crippen molar-refractivity contribution in [1.82, 2.24) is 0 Å². The Morgan fingerprint density at radius 3 is 2.90 bits per heavy atom. The Bertz CT molecular complexity index is 246. The fourth-order valence-electron chi connectivity index (χ4n) is 0.528. The predicted octanol–water partition coefficient (Wildman–Crippen LogP) is 1.46. The second-order valence-corrected chi connectivity index (χ2v) is 2.40. The number of hydrogen-bond acceptors (Lipinski definition) is 5. The van der Waals surface area contributed by atoms with Crippen LogP contribution in [0.25, 0.3) is 0 Å². The van der Waals surface area contributed by atoms with Gasteiger partial charge in [-0.2, -0.15) is 0 Å². The number of nitrogens with zero attached hydrogens (tertiary/aromatic N) is 1. The maximum absolute atomic E-state index is 10.1. The predicted molar refractivity (Wildman–Crippen MR) is 36.4 cm³/mol. The lowest BCUT2D eigenvalue weighted by molar-refractivity contribution is -0.379. The lowest BCUT2D eigenvalue weighted by atomic mass is 10.5. The molecule has 5 nitrogen and oxygen atoms in total. The summed E-state index contributed by atoms with van der Waals surface area (Å²) in [7, 11) is 0. The van der Waals surface area contributed by atoms with Crippen LogP contribution in [0, 0.1) is 10.1 Å². The molecular weight excluding hydrogens is 156 g/mol. The lowest BCUT2D eigenvalue weighted by Crippen LogP contribution is -1.91. The average Bonchev–Trinajstić information content (AvgIpc) is 2.33. The maximum Gasteiger partial charge on any atom is 0.349 e. The fourth-order valence-corrected chi connectivity index (χ4v) is 1.19. The molecule has 1 aromatic rings. The molecule has 0 bridgehead atoms. The zero-order valence-electron chi connectivity index (χ0n) is 4.77. The zero-order chi connectivity index (χ0) is 7.56. The summed E-state index contributed by atoms with van der Waals surface area (Å²) in [6, 6.07) is 1.43. The van der Waals surface area contributed by atoms with Gasteiger partial charge in [0.05, 0.1) is 4.92 Å². The average molecular weight is 160 g/mol. The van der Waals surface area contributed by atoms with Crippen molar-refractivity contribution in [2.24, 2.45) is 0 Å². The number of anilines is 1. The topological polar surface area (TPSA) is 75.4 Å². The summed E-state index contributed by atoms with van der Waals surface area (Å²) in [6.45, 7) is 0. The van der Waals surface area contributed by atoms with Gasteiger partial charge >= 0.3 is 5.00 Å². The maximum atomic E-state index is 10.1. The van der Waals surface area contributed by atoms with E-state index in [1.54, 1.807) is 5.48 Å². The molecule has 0 atom stereocenters. The van der Waals surface area contributed by atoms with Crippen LogP contribution in [-0.4, -0.2) is 10.1 Å². The molecule has 0 fully saturated rings. The van der Waals surface area contributed by atoms with Crippen molar-refractivity contribution in [3.05, 3.63) is 21.6 Å². The van der Waals surface area contributed by atoms with Crippen molar-refractivity contribution in [3.63, 3.8) is 0 Å². The summed E-state index contributed by atoms with van der Waals surface area (Å²) in [5.41, 5.74) is 1.86. The summed E-state index contributed by atoms with van der Waals surface area (Å²) in [5, 5.41) is 19.9. The van der Waals surface area contributed by atoms with Gasteiger partial charge < -0.3 is 0 Å². The monoisotopic (exact) mass is 160 g/mol. The van der Waals surface area contributed by atoms with E-state index in [2.05, 4.69) is 0 Å². The van der Waals surface area contributed by atoms with Crippen LogP contribution in [0.1, 0.15) is 0 Å². The first kappa shape index (κ1) is 6.97. The number of hydrogen-bond donors (Lipinski definition) is 2. The van der Waals surface area contributed by atoms with Gasteiger partial charge in [-0.05, 0) is 11.4 Å². The van der Waals surface area contributed by atoms with Crippen molar-refractivity contribution < 1.29 is 10.1 Å². The molecule has 0 unspecified atom stereocenters. The standard InChI is InChI=1S/C4H4N2O3S/c7-5-3-1-2-10-4(3)6(8)9/h1-2,5,7H. The molecule has 0 saturated heterocycles. The largest absolute Gasteiger partial charge is 0.349 e. The normalized spacial score (nSPS) is 9.30. The van der Waals surface area contributed by atoms with E-state index in [0.29, 0.717) is 0 Å². The highest BCUT2D eigenvalue weighted by atomic mass is 32.1. The molecule has 0 saturated carbocycles. The Morgan fingerprint density at radius 1 is 1.80 bits per heavy atom. The van der Waals surface area contributed by atoms with Gasteiger partial charge in [0.15, 0.2) is 0 Å². The van der Waals surface area contributed by atoms with Gasteiger partial charge in [0.2, 0.25) is 0 Å². The third kappa shape index (κ3) is 1.07. The van der Waals surface area contributed by atoms with Crippen LogP contribution in [0.3, 0.4) is 0 Å². The van der Waals surface area contributed by atoms with Crippen molar-refractivity contribution in [3.8, 4) is 0 Å². The first-order valence-corrected chi connectivity index (χ1v) is 3.25. The van der Waals surface area contributed by atoms with E-state index in [9.17, 15) is 10.1 Å². The SMILES string of the molecule is O=[N+]([O-])c1sccc1NO. The second-order valence-electron chi connectivity index (χ2n) is 1.51. The quantitative estimate of drug-likeness (QED) is 0.507. The minimum atomic E-state index is -0.552. The van der Waals surface area contributed by atoms with E-state index in [1.807, 2.05) is 0 Å². The van der Waals surface area contributed by atoms with Gasteiger partial charge in [-0.25, -0.2) is 0 Å². The Labute approximate surface area is 60.0 Å². The molecule has 6 heteroatoms. The first-order chi connectivity index (χ1) is 4.75. The van der Waals surface area contributed by atoms with Crippen molar-refractivity contribution >= 4 is 22.0 Å². The van der Waals surface area contributed by atoms with E-state index < -0.39 is 4.92 Å². The highest BCUT2D eigenvalue weighted by Crippen LogP contribution is 2.29. The van der Waals surface area contributed by atoms with Crippen LogP contribution >= 0.6 is 11.3 Å². The van der Waals surface area contributed by atoms with E-state index >= 15 is 0 Å². The molecule has 0 radical (unpaired) electrons. The molecule has 0 aliphatic heterocycles. The molecule has 0 aliphatic rings. The summed E-state index contributed by atoms with van der Waals surface area (Å²) < 4.78 is 0. The number of nitrogens with one attached hydrogen (secondary N) is 1. The van der Waals surface area contributed by atoms with Crippen molar-refractivity contribution in [2.45, 2.75) is 0 Å². The van der Waals surface area contributed by atoms with Crippen LogP contribution in [0.15, 0.2) is 11.4 Å². The van der Waals surface area contributed by atoms with Gasteiger partial charge in [0.1, 0.15) is 5.69 Å². The second kappa shape index (κ2) is 2.63. The molecule has 2 N–H and O–H groups in total. The first-order valence-electron chi connectivity index (χ1n) is 2.37. The van der Waals surface area contributed by atoms with E-state index in [0.717, 1.165) is 11.3 Å². The Hall–Kier alpha value is -1.14. The Kier molecular flexibility index (Phi) is 1.83. The molecule has 0 amide bonds. The van der Waals surface area contributed by atoms with Gasteiger partial charge in [-0.1, -0.05) is 11.3 Å². The molecule has 1 heterocycles. The Morgan fingerprint density at radius 2 is 2.50 bits per heavy atom. The highest BCUT2D eigenvalue weighted by Gasteiger charge is 2.13. The van der Waals surface area contributed by atoms with E-state index in [1.165, 1.54) is 11.4 Å². The van der Waals surface area contributed by atoms with Gasteiger partial charge in [-0.15, -0.1) is 0 Å². The van der Waals surface area contributed by atoms with Crippen LogP contribution < -0.4 is 5.48 Å². The smallest absolute Gasteiger partial charge is 0.291 e. The Balaban J connectivity index is 3.01. The van der Waals surface area contributed by atoms with Crippen LogP contribution in [-0.2, 0) is 0 Å². The van der Waals surface area contributed by atoms with Crippen molar-refractivity contribution in [1.29, 1.82) is 0 Å². The number of rotatable bonds is 2. The minimum absolute atomic E-state index is 0.0810. The van der Waals surface area contributed by atoms with E-state index in [-0.39, 0.29) is 10.7 Å². The van der Waals surface area contributed by atoms with E-state index in [4.69, 9.17) is 5.21 Å². The molecule has 10 heavy (non-hydrogen) atoms. The zero-order valence-corrected chi connectivity index (χ0v) is 5.59. The van der Waals surface area contributed by atoms with Crippen LogP contribution in [0.4, 0.5) is 10.7 Å². The number of thiophene rings is 1. The van der Waals surface area contributed by atoms with Crippen LogP contribution in [0.2, 0.25) is 0 Å². The summed E-state index contributed by atoms with van der Waals surface area (Å²) in [6.07, 6.45) is 0. The lowest BCUT2D eigenvalue weighted by Gasteiger charge is -1.90. The highest BCUT2D eigenvalue weighted by molar-refractivity contribution is 7.14. The third-order valence-corrected chi connectivity index (χ3v) is 1.80. The van der Waals surface area contributed by atoms with Gasteiger partial charge in [-0.3, -0.25) is 20.8 Å². The number of nitro groups is 1. The van der Waals surface area contributed by atoms with Crippen LogP contribution in [0.5, 0.6) is 0 Å². The molecule has 0 aliphatic carbocycles. The molecular formula is C4H4N2O3S. The molecule has 54 valence electrons. The summed E-state index contributed by atoms with van der Waals surface area (Å²) in [4.78, 5) is 9.55. The molecule has 0 aromatic carbocycles.